The summed E-state index contributed by atoms with van der Waals surface area (Å²) < 4.78 is 0. The molecular formula is C13H15ClN2S. The lowest BCUT2D eigenvalue weighted by Crippen LogP contribution is -2.34. The van der Waals surface area contributed by atoms with E-state index >= 15 is 0 Å². The Bertz CT molecular complexity index is 390. The van der Waals surface area contributed by atoms with Crippen LogP contribution in [-0.4, -0.2) is 23.1 Å². The van der Waals surface area contributed by atoms with Gasteiger partial charge in [0.05, 0.1) is 0 Å². The molecule has 0 aliphatic carbocycles. The van der Waals surface area contributed by atoms with Gasteiger partial charge in [0.15, 0.2) is 5.11 Å². The Kier molecular flexibility index (Phi) is 5.73. The maximum atomic E-state index is 5.81. The summed E-state index contributed by atoms with van der Waals surface area (Å²) in [7, 11) is 0. The van der Waals surface area contributed by atoms with Gasteiger partial charge in [0.2, 0.25) is 0 Å². The Balaban J connectivity index is 2.65. The van der Waals surface area contributed by atoms with Crippen LogP contribution in [0.15, 0.2) is 49.6 Å². The molecule has 1 aromatic rings. The molecule has 0 aromatic heterocycles. The molecule has 0 radical (unpaired) electrons. The summed E-state index contributed by atoms with van der Waals surface area (Å²) in [5.41, 5.74) is 0.914. The first-order valence-electron chi connectivity index (χ1n) is 5.20. The highest BCUT2D eigenvalue weighted by atomic mass is 35.5. The fourth-order valence-corrected chi connectivity index (χ4v) is 1.68. The largest absolute Gasteiger partial charge is 0.342 e. The summed E-state index contributed by atoms with van der Waals surface area (Å²) in [6, 6.07) is 7.40. The lowest BCUT2D eigenvalue weighted by atomic mass is 10.3. The maximum Gasteiger partial charge on any atom is 0.173 e. The van der Waals surface area contributed by atoms with Gasteiger partial charge in [0.25, 0.3) is 0 Å². The third-order valence-corrected chi connectivity index (χ3v) is 2.69. The van der Waals surface area contributed by atoms with E-state index < -0.39 is 0 Å². The molecule has 0 heterocycles. The molecule has 1 rings (SSSR count). The molecule has 0 aliphatic rings. The van der Waals surface area contributed by atoms with E-state index in [1.54, 1.807) is 12.2 Å². The molecule has 0 amide bonds. The normalized spacial score (nSPS) is 9.47. The van der Waals surface area contributed by atoms with Gasteiger partial charge in [-0.15, -0.1) is 13.2 Å². The first kappa shape index (κ1) is 13.7. The number of anilines is 1. The zero-order chi connectivity index (χ0) is 12.7. The molecule has 1 N–H and O–H groups in total. The minimum absolute atomic E-state index is 0.645. The molecule has 0 bridgehead atoms. The number of nitrogens with one attached hydrogen (secondary N) is 1. The van der Waals surface area contributed by atoms with Crippen LogP contribution < -0.4 is 5.32 Å². The zero-order valence-corrected chi connectivity index (χ0v) is 11.1. The van der Waals surface area contributed by atoms with Crippen LogP contribution in [0.3, 0.4) is 0 Å². The molecule has 0 spiro atoms. The summed E-state index contributed by atoms with van der Waals surface area (Å²) in [5.74, 6) is 0. The monoisotopic (exact) mass is 266 g/mol. The number of halogens is 1. The molecule has 0 aliphatic heterocycles. The van der Waals surface area contributed by atoms with Gasteiger partial charge >= 0.3 is 0 Å². The van der Waals surface area contributed by atoms with Crippen molar-refractivity contribution >= 4 is 34.6 Å². The summed E-state index contributed by atoms with van der Waals surface area (Å²) in [6.07, 6.45) is 3.61. The van der Waals surface area contributed by atoms with Crippen molar-refractivity contribution in [2.45, 2.75) is 0 Å². The van der Waals surface area contributed by atoms with Crippen molar-refractivity contribution in [3.8, 4) is 0 Å². The predicted octanol–water partition coefficient (Wildman–Crippen LogP) is 3.71. The second-order valence-electron chi connectivity index (χ2n) is 3.42. The first-order valence-corrected chi connectivity index (χ1v) is 5.99. The van der Waals surface area contributed by atoms with Crippen molar-refractivity contribution in [3.05, 3.63) is 54.6 Å². The van der Waals surface area contributed by atoms with Crippen molar-refractivity contribution in [3.63, 3.8) is 0 Å². The van der Waals surface area contributed by atoms with Crippen LogP contribution in [-0.2, 0) is 0 Å². The van der Waals surface area contributed by atoms with Crippen LogP contribution in [0.5, 0.6) is 0 Å². The average molecular weight is 267 g/mol. The molecule has 0 saturated heterocycles. The van der Waals surface area contributed by atoms with E-state index in [4.69, 9.17) is 23.8 Å². The Labute approximate surface area is 113 Å². The van der Waals surface area contributed by atoms with Crippen LogP contribution in [0.25, 0.3) is 0 Å². The molecule has 0 fully saturated rings. The third-order valence-electron chi connectivity index (χ3n) is 2.08. The Morgan fingerprint density at radius 1 is 1.24 bits per heavy atom. The van der Waals surface area contributed by atoms with Crippen molar-refractivity contribution in [1.29, 1.82) is 0 Å². The molecule has 0 unspecified atom stereocenters. The summed E-state index contributed by atoms with van der Waals surface area (Å²) >= 11 is 11.1. The number of nitrogens with zero attached hydrogens (tertiary/aromatic N) is 1. The molecule has 0 atom stereocenters. The highest BCUT2D eigenvalue weighted by Crippen LogP contribution is 2.13. The lowest BCUT2D eigenvalue weighted by molar-refractivity contribution is 0.522. The highest BCUT2D eigenvalue weighted by molar-refractivity contribution is 7.80. The molecule has 0 saturated carbocycles. The van der Waals surface area contributed by atoms with E-state index in [9.17, 15) is 0 Å². The van der Waals surface area contributed by atoms with Gasteiger partial charge in [-0.05, 0) is 36.5 Å². The van der Waals surface area contributed by atoms with E-state index in [1.807, 2.05) is 29.2 Å². The van der Waals surface area contributed by atoms with Crippen LogP contribution in [0.1, 0.15) is 0 Å². The molecule has 1 aromatic carbocycles. The van der Waals surface area contributed by atoms with Crippen LogP contribution >= 0.6 is 23.8 Å². The van der Waals surface area contributed by atoms with Gasteiger partial charge in [0, 0.05) is 23.8 Å². The standard InChI is InChI=1S/C13H15ClN2S/c1-3-9-16(10-4-2)13(17)15-12-7-5-11(14)6-8-12/h3-8H,1-2,9-10H2,(H,15,17). The van der Waals surface area contributed by atoms with Gasteiger partial charge in [-0.2, -0.15) is 0 Å². The van der Waals surface area contributed by atoms with E-state index in [1.165, 1.54) is 0 Å². The maximum absolute atomic E-state index is 5.81. The molecule has 2 nitrogen and oxygen atoms in total. The minimum atomic E-state index is 0.645. The van der Waals surface area contributed by atoms with E-state index in [-0.39, 0.29) is 0 Å². The van der Waals surface area contributed by atoms with E-state index in [2.05, 4.69) is 18.5 Å². The predicted molar refractivity (Wildman–Crippen MR) is 79.6 cm³/mol. The fourth-order valence-electron chi connectivity index (χ4n) is 1.29. The zero-order valence-electron chi connectivity index (χ0n) is 9.53. The Hall–Kier alpha value is -1.32. The van der Waals surface area contributed by atoms with Crippen LogP contribution in [0.2, 0.25) is 5.02 Å². The number of thiocarbonyl (C=S) groups is 1. The van der Waals surface area contributed by atoms with Crippen molar-refractivity contribution < 1.29 is 0 Å². The van der Waals surface area contributed by atoms with Crippen molar-refractivity contribution in [1.82, 2.24) is 4.90 Å². The molecule has 17 heavy (non-hydrogen) atoms. The number of hydrogen-bond acceptors (Lipinski definition) is 1. The molecular weight excluding hydrogens is 252 g/mol. The summed E-state index contributed by atoms with van der Waals surface area (Å²) in [6.45, 7) is 8.78. The van der Waals surface area contributed by atoms with Gasteiger partial charge in [-0.1, -0.05) is 23.8 Å². The Morgan fingerprint density at radius 3 is 2.24 bits per heavy atom. The number of benzene rings is 1. The summed E-state index contributed by atoms with van der Waals surface area (Å²) in [5, 5.41) is 4.49. The minimum Gasteiger partial charge on any atom is -0.342 e. The molecule has 90 valence electrons. The third kappa shape index (κ3) is 4.59. The smallest absolute Gasteiger partial charge is 0.173 e. The fraction of sp³-hybridized carbons (Fsp3) is 0.154. The van der Waals surface area contributed by atoms with E-state index in [0.29, 0.717) is 23.2 Å². The number of hydrogen-bond donors (Lipinski definition) is 1. The topological polar surface area (TPSA) is 15.3 Å². The van der Waals surface area contributed by atoms with E-state index in [0.717, 1.165) is 5.69 Å². The van der Waals surface area contributed by atoms with Crippen molar-refractivity contribution in [2.24, 2.45) is 0 Å². The average Bonchev–Trinajstić information content (AvgIpc) is 2.32. The van der Waals surface area contributed by atoms with Crippen LogP contribution in [0.4, 0.5) is 5.69 Å². The second-order valence-corrected chi connectivity index (χ2v) is 4.24. The van der Waals surface area contributed by atoms with Crippen LogP contribution in [0, 0.1) is 0 Å². The molecule has 4 heteroatoms. The SMILES string of the molecule is C=CCN(CC=C)C(=S)Nc1ccc(Cl)cc1. The van der Waals surface area contributed by atoms with Crippen molar-refractivity contribution in [2.75, 3.05) is 18.4 Å². The lowest BCUT2D eigenvalue weighted by Gasteiger charge is -2.23. The van der Waals surface area contributed by atoms with Gasteiger partial charge in [-0.25, -0.2) is 0 Å². The quantitative estimate of drug-likeness (QED) is 0.646. The van der Waals surface area contributed by atoms with Gasteiger partial charge in [0.1, 0.15) is 0 Å². The summed E-state index contributed by atoms with van der Waals surface area (Å²) in [4.78, 5) is 1.96. The van der Waals surface area contributed by atoms with Gasteiger partial charge < -0.3 is 10.2 Å². The number of rotatable bonds is 5. The highest BCUT2D eigenvalue weighted by Gasteiger charge is 2.06. The van der Waals surface area contributed by atoms with Gasteiger partial charge in [-0.3, -0.25) is 0 Å². The first-order chi connectivity index (χ1) is 8.17. The second kappa shape index (κ2) is 7.09. The Morgan fingerprint density at radius 2 is 1.76 bits per heavy atom.